The number of nitrogens with one attached hydrogen (secondary N) is 1. The monoisotopic (exact) mass is 406 g/mol. The van der Waals surface area contributed by atoms with E-state index < -0.39 is 15.9 Å². The average Bonchev–Trinajstić information content (AvgIpc) is 3.05. The van der Waals surface area contributed by atoms with Crippen LogP contribution in [-0.4, -0.2) is 36.3 Å². The van der Waals surface area contributed by atoms with Crippen molar-refractivity contribution < 1.29 is 13.2 Å². The van der Waals surface area contributed by atoms with E-state index in [9.17, 15) is 13.2 Å². The molecular formula is C18H19ClN4O3S. The number of carbonyl (C=O) groups excluding carboxylic acids is 1. The van der Waals surface area contributed by atoms with Crippen LogP contribution in [-0.2, 0) is 17.1 Å². The molecule has 1 aromatic carbocycles. The third-order valence-corrected chi connectivity index (χ3v) is 6.69. The number of aromatic nitrogens is 1. The Morgan fingerprint density at radius 1 is 1.22 bits per heavy atom. The van der Waals surface area contributed by atoms with E-state index in [2.05, 4.69) is 5.32 Å². The van der Waals surface area contributed by atoms with Gasteiger partial charge in [0.1, 0.15) is 16.7 Å². The van der Waals surface area contributed by atoms with Crippen molar-refractivity contribution in [2.45, 2.75) is 24.2 Å². The standard InChI is InChI=1S/C18H19ClN4O3S/c1-22-12-15(27(25,26)23-7-3-2-4-8-23)10-17(22)18(24)21-14-6-5-13(11-20)16(19)9-14/h5-6,9-10,12H,2-4,7-8H2,1H3,(H,21,24). The lowest BCUT2D eigenvalue weighted by Crippen LogP contribution is -2.35. The van der Waals surface area contributed by atoms with Crippen LogP contribution in [0.1, 0.15) is 35.3 Å². The molecule has 2 heterocycles. The van der Waals surface area contributed by atoms with Gasteiger partial charge in [0.05, 0.1) is 10.6 Å². The van der Waals surface area contributed by atoms with Gasteiger partial charge in [0.2, 0.25) is 10.0 Å². The van der Waals surface area contributed by atoms with Crippen molar-refractivity contribution in [2.24, 2.45) is 7.05 Å². The number of nitriles is 1. The minimum absolute atomic E-state index is 0.106. The molecule has 9 heteroatoms. The van der Waals surface area contributed by atoms with E-state index in [-0.39, 0.29) is 15.6 Å². The quantitative estimate of drug-likeness (QED) is 0.844. The normalized spacial score (nSPS) is 15.3. The van der Waals surface area contributed by atoms with Gasteiger partial charge in [-0.15, -0.1) is 0 Å². The van der Waals surface area contributed by atoms with Gasteiger partial charge in [-0.25, -0.2) is 8.42 Å². The number of aryl methyl sites for hydroxylation is 1. The summed E-state index contributed by atoms with van der Waals surface area (Å²) in [5, 5.41) is 11.8. The summed E-state index contributed by atoms with van der Waals surface area (Å²) in [6.45, 7) is 1.00. The molecule has 1 amide bonds. The molecule has 2 aromatic rings. The Morgan fingerprint density at radius 3 is 2.56 bits per heavy atom. The second-order valence-corrected chi connectivity index (χ2v) is 8.74. The summed E-state index contributed by atoms with van der Waals surface area (Å²) in [6, 6.07) is 7.88. The molecule has 1 saturated heterocycles. The molecule has 0 atom stereocenters. The minimum atomic E-state index is -3.61. The molecule has 1 aliphatic rings. The first-order valence-electron chi connectivity index (χ1n) is 8.50. The molecule has 3 rings (SSSR count). The zero-order chi connectivity index (χ0) is 19.6. The number of rotatable bonds is 4. The summed E-state index contributed by atoms with van der Waals surface area (Å²) in [5.74, 6) is -0.460. The first-order valence-corrected chi connectivity index (χ1v) is 10.3. The van der Waals surface area contributed by atoms with Gasteiger partial charge in [0, 0.05) is 32.0 Å². The second-order valence-electron chi connectivity index (χ2n) is 6.40. The number of nitrogens with zero attached hydrogens (tertiary/aromatic N) is 3. The van der Waals surface area contributed by atoms with Crippen LogP contribution in [0.15, 0.2) is 35.4 Å². The summed E-state index contributed by atoms with van der Waals surface area (Å²) < 4.78 is 28.5. The van der Waals surface area contributed by atoms with E-state index in [0.29, 0.717) is 24.3 Å². The van der Waals surface area contributed by atoms with Crippen LogP contribution in [0.5, 0.6) is 0 Å². The molecular weight excluding hydrogens is 388 g/mol. The maximum Gasteiger partial charge on any atom is 0.272 e. The van der Waals surface area contributed by atoms with Crippen molar-refractivity contribution in [1.82, 2.24) is 8.87 Å². The van der Waals surface area contributed by atoms with Crippen LogP contribution < -0.4 is 5.32 Å². The summed E-state index contributed by atoms with van der Waals surface area (Å²) in [7, 11) is -1.99. The molecule has 1 N–H and O–H groups in total. The summed E-state index contributed by atoms with van der Waals surface area (Å²) >= 11 is 5.98. The molecule has 0 bridgehead atoms. The van der Waals surface area contributed by atoms with E-state index in [0.717, 1.165) is 19.3 Å². The SMILES string of the molecule is Cn1cc(S(=O)(=O)N2CCCCC2)cc1C(=O)Nc1ccc(C#N)c(Cl)c1. The van der Waals surface area contributed by atoms with Gasteiger partial charge in [-0.05, 0) is 37.1 Å². The second kappa shape index (κ2) is 7.72. The van der Waals surface area contributed by atoms with Crippen molar-refractivity contribution in [3.8, 4) is 6.07 Å². The zero-order valence-electron chi connectivity index (χ0n) is 14.8. The van der Waals surface area contributed by atoms with E-state index in [1.807, 2.05) is 6.07 Å². The number of carbonyl (C=O) groups is 1. The van der Waals surface area contributed by atoms with Crippen molar-refractivity contribution >= 4 is 33.2 Å². The van der Waals surface area contributed by atoms with Gasteiger partial charge in [0.15, 0.2) is 0 Å². The summed E-state index contributed by atoms with van der Waals surface area (Å²) in [4.78, 5) is 12.7. The molecule has 27 heavy (non-hydrogen) atoms. The van der Waals surface area contributed by atoms with Gasteiger partial charge in [0.25, 0.3) is 5.91 Å². The van der Waals surface area contributed by atoms with Crippen LogP contribution in [0.4, 0.5) is 5.69 Å². The van der Waals surface area contributed by atoms with Gasteiger partial charge < -0.3 is 9.88 Å². The van der Waals surface area contributed by atoms with Gasteiger partial charge >= 0.3 is 0 Å². The number of amides is 1. The highest BCUT2D eigenvalue weighted by Gasteiger charge is 2.28. The smallest absolute Gasteiger partial charge is 0.272 e. The van der Waals surface area contributed by atoms with E-state index in [1.54, 1.807) is 13.1 Å². The lowest BCUT2D eigenvalue weighted by atomic mass is 10.2. The topological polar surface area (TPSA) is 95.2 Å². The van der Waals surface area contributed by atoms with Gasteiger partial charge in [-0.3, -0.25) is 4.79 Å². The predicted molar refractivity (Wildman–Crippen MR) is 102 cm³/mol. The fourth-order valence-corrected chi connectivity index (χ4v) is 4.85. The van der Waals surface area contributed by atoms with Crippen LogP contribution in [0.25, 0.3) is 0 Å². The maximum atomic E-state index is 12.8. The number of hydrogen-bond donors (Lipinski definition) is 1. The Hall–Kier alpha value is -2.34. The number of piperidine rings is 1. The van der Waals surface area contributed by atoms with Crippen molar-refractivity contribution in [3.05, 3.63) is 46.7 Å². The highest BCUT2D eigenvalue weighted by Crippen LogP contribution is 2.24. The Bertz CT molecular complexity index is 1020. The largest absolute Gasteiger partial charge is 0.345 e. The molecule has 1 fully saturated rings. The number of sulfonamides is 1. The Morgan fingerprint density at radius 2 is 1.93 bits per heavy atom. The maximum absolute atomic E-state index is 12.8. The number of halogens is 1. The predicted octanol–water partition coefficient (Wildman–Crippen LogP) is 2.98. The first-order chi connectivity index (χ1) is 12.8. The third-order valence-electron chi connectivity index (χ3n) is 4.51. The molecule has 142 valence electrons. The van der Waals surface area contributed by atoms with Crippen LogP contribution >= 0.6 is 11.6 Å². The fourth-order valence-electron chi connectivity index (χ4n) is 3.03. The summed E-state index contributed by atoms with van der Waals surface area (Å²) in [5.41, 5.74) is 0.945. The Kier molecular flexibility index (Phi) is 5.56. The zero-order valence-corrected chi connectivity index (χ0v) is 16.3. The summed E-state index contributed by atoms with van der Waals surface area (Å²) in [6.07, 6.45) is 4.17. The lowest BCUT2D eigenvalue weighted by molar-refractivity contribution is 0.101. The molecule has 0 aliphatic carbocycles. The number of anilines is 1. The molecule has 1 aliphatic heterocycles. The number of benzene rings is 1. The van der Waals surface area contributed by atoms with Crippen molar-refractivity contribution in [3.63, 3.8) is 0 Å². The van der Waals surface area contributed by atoms with E-state index in [1.165, 1.54) is 33.3 Å². The van der Waals surface area contributed by atoms with Crippen LogP contribution in [0.3, 0.4) is 0 Å². The lowest BCUT2D eigenvalue weighted by Gasteiger charge is -2.25. The first kappa shape index (κ1) is 19.4. The molecule has 0 unspecified atom stereocenters. The van der Waals surface area contributed by atoms with Crippen LogP contribution in [0, 0.1) is 11.3 Å². The van der Waals surface area contributed by atoms with Gasteiger partial charge in [-0.2, -0.15) is 9.57 Å². The van der Waals surface area contributed by atoms with Crippen LogP contribution in [0.2, 0.25) is 5.02 Å². The van der Waals surface area contributed by atoms with Gasteiger partial charge in [-0.1, -0.05) is 18.0 Å². The van der Waals surface area contributed by atoms with E-state index >= 15 is 0 Å². The number of hydrogen-bond acceptors (Lipinski definition) is 4. The Labute approximate surface area is 163 Å². The molecule has 1 aromatic heterocycles. The molecule has 0 saturated carbocycles. The minimum Gasteiger partial charge on any atom is -0.345 e. The highest BCUT2D eigenvalue weighted by atomic mass is 35.5. The molecule has 7 nitrogen and oxygen atoms in total. The fraction of sp³-hybridized carbons (Fsp3) is 0.333. The Balaban J connectivity index is 1.82. The average molecular weight is 407 g/mol. The van der Waals surface area contributed by atoms with Crippen molar-refractivity contribution in [2.75, 3.05) is 18.4 Å². The van der Waals surface area contributed by atoms with Crippen molar-refractivity contribution in [1.29, 1.82) is 5.26 Å². The molecule has 0 spiro atoms. The third kappa shape index (κ3) is 4.00. The molecule has 0 radical (unpaired) electrons. The van der Waals surface area contributed by atoms with E-state index in [4.69, 9.17) is 16.9 Å². The highest BCUT2D eigenvalue weighted by molar-refractivity contribution is 7.89.